The Hall–Kier alpha value is -0.380. The topological polar surface area (TPSA) is 44.5 Å². The van der Waals surface area contributed by atoms with Crippen LogP contribution in [-0.2, 0) is 9.47 Å². The van der Waals surface area contributed by atoms with Crippen molar-refractivity contribution in [2.45, 2.75) is 19.8 Å². The average Bonchev–Trinajstić information content (AvgIpc) is 2.23. The molecule has 0 radical (unpaired) electrons. The van der Waals surface area contributed by atoms with E-state index >= 15 is 0 Å². The van der Waals surface area contributed by atoms with Gasteiger partial charge in [-0.15, -0.1) is 6.58 Å². The second-order valence-electron chi connectivity index (χ2n) is 3.77. The zero-order valence-electron chi connectivity index (χ0n) is 9.42. The first-order valence-electron chi connectivity index (χ1n) is 5.09. The summed E-state index contributed by atoms with van der Waals surface area (Å²) in [6, 6.07) is 0. The van der Waals surface area contributed by atoms with E-state index in [-0.39, 0.29) is 5.41 Å². The molecule has 0 saturated carbocycles. The van der Waals surface area contributed by atoms with E-state index in [0.717, 1.165) is 19.4 Å². The minimum Gasteiger partial charge on any atom is -0.382 e. The quantitative estimate of drug-likeness (QED) is 0.455. The molecule has 0 aliphatic carbocycles. The fraction of sp³-hybridized carbons (Fsp3) is 0.818. The second-order valence-corrected chi connectivity index (χ2v) is 3.77. The molecule has 0 aliphatic rings. The van der Waals surface area contributed by atoms with Gasteiger partial charge >= 0.3 is 0 Å². The van der Waals surface area contributed by atoms with Crippen LogP contribution in [0.1, 0.15) is 19.8 Å². The number of methoxy groups -OCH3 is 1. The standard InChI is InChI=1S/C11H23NO2/c1-4-11(2,10-12)6-5-7-14-9-8-13-3/h4H,1,5-10,12H2,2-3H3. The predicted molar refractivity (Wildman–Crippen MR) is 59.3 cm³/mol. The Bertz CT molecular complexity index is 150. The number of hydrogen-bond donors (Lipinski definition) is 1. The van der Waals surface area contributed by atoms with E-state index in [1.165, 1.54) is 0 Å². The molecule has 2 N–H and O–H groups in total. The van der Waals surface area contributed by atoms with E-state index < -0.39 is 0 Å². The first kappa shape index (κ1) is 13.6. The zero-order chi connectivity index (χ0) is 10.9. The van der Waals surface area contributed by atoms with Crippen molar-refractivity contribution in [2.24, 2.45) is 11.1 Å². The van der Waals surface area contributed by atoms with Gasteiger partial charge < -0.3 is 15.2 Å². The molecule has 0 bridgehead atoms. The summed E-state index contributed by atoms with van der Waals surface area (Å²) >= 11 is 0. The fourth-order valence-electron chi connectivity index (χ4n) is 1.11. The van der Waals surface area contributed by atoms with Crippen LogP contribution in [0.5, 0.6) is 0 Å². The minimum absolute atomic E-state index is 0.0601. The first-order chi connectivity index (χ1) is 6.68. The van der Waals surface area contributed by atoms with Crippen LogP contribution in [0, 0.1) is 5.41 Å². The second kappa shape index (κ2) is 7.97. The Balaban J connectivity index is 3.38. The molecule has 14 heavy (non-hydrogen) atoms. The van der Waals surface area contributed by atoms with Crippen molar-refractivity contribution in [3.05, 3.63) is 12.7 Å². The summed E-state index contributed by atoms with van der Waals surface area (Å²) in [6.07, 6.45) is 3.98. The number of nitrogens with two attached hydrogens (primary N) is 1. The Morgan fingerprint density at radius 1 is 1.36 bits per heavy atom. The van der Waals surface area contributed by atoms with E-state index in [1.807, 2.05) is 6.08 Å². The highest BCUT2D eigenvalue weighted by Gasteiger charge is 2.16. The molecule has 1 atom stereocenters. The monoisotopic (exact) mass is 201 g/mol. The highest BCUT2D eigenvalue weighted by atomic mass is 16.5. The van der Waals surface area contributed by atoms with Gasteiger partial charge in [-0.05, 0) is 18.3 Å². The van der Waals surface area contributed by atoms with Gasteiger partial charge in [0.05, 0.1) is 13.2 Å². The summed E-state index contributed by atoms with van der Waals surface area (Å²) in [4.78, 5) is 0. The van der Waals surface area contributed by atoms with Crippen LogP contribution >= 0.6 is 0 Å². The molecule has 1 unspecified atom stereocenters. The lowest BCUT2D eigenvalue weighted by molar-refractivity contribution is 0.0661. The lowest BCUT2D eigenvalue weighted by atomic mass is 9.86. The Kier molecular flexibility index (Phi) is 7.76. The van der Waals surface area contributed by atoms with Gasteiger partial charge in [-0.3, -0.25) is 0 Å². The Morgan fingerprint density at radius 3 is 2.57 bits per heavy atom. The molecule has 0 heterocycles. The highest BCUT2D eigenvalue weighted by molar-refractivity contribution is 4.91. The van der Waals surface area contributed by atoms with E-state index in [0.29, 0.717) is 19.8 Å². The lowest BCUT2D eigenvalue weighted by Gasteiger charge is -2.23. The molecule has 0 fully saturated rings. The SMILES string of the molecule is C=CC(C)(CN)CCCOCCOC. The molecule has 0 aliphatic heterocycles. The molecule has 3 nitrogen and oxygen atoms in total. The van der Waals surface area contributed by atoms with E-state index in [2.05, 4.69) is 13.5 Å². The smallest absolute Gasteiger partial charge is 0.0700 e. The first-order valence-corrected chi connectivity index (χ1v) is 5.09. The van der Waals surface area contributed by atoms with Gasteiger partial charge in [-0.2, -0.15) is 0 Å². The number of rotatable bonds is 9. The van der Waals surface area contributed by atoms with Crippen molar-refractivity contribution in [1.82, 2.24) is 0 Å². The summed E-state index contributed by atoms with van der Waals surface area (Å²) in [7, 11) is 1.67. The van der Waals surface area contributed by atoms with Gasteiger partial charge in [0, 0.05) is 20.3 Å². The third-order valence-corrected chi connectivity index (χ3v) is 2.43. The van der Waals surface area contributed by atoms with Crippen LogP contribution < -0.4 is 5.73 Å². The van der Waals surface area contributed by atoms with Crippen molar-refractivity contribution in [3.63, 3.8) is 0 Å². The molecule has 0 aromatic heterocycles. The molecular formula is C11H23NO2. The summed E-state index contributed by atoms with van der Waals surface area (Å²) < 4.78 is 10.2. The third-order valence-electron chi connectivity index (χ3n) is 2.43. The van der Waals surface area contributed by atoms with Crippen LogP contribution in [0.3, 0.4) is 0 Å². The molecule has 0 spiro atoms. The molecule has 0 aromatic rings. The third kappa shape index (κ3) is 6.13. The highest BCUT2D eigenvalue weighted by Crippen LogP contribution is 2.22. The van der Waals surface area contributed by atoms with Crippen LogP contribution in [0.4, 0.5) is 0 Å². The van der Waals surface area contributed by atoms with Gasteiger partial charge in [-0.1, -0.05) is 13.0 Å². The maximum Gasteiger partial charge on any atom is 0.0700 e. The van der Waals surface area contributed by atoms with Crippen LogP contribution in [0.15, 0.2) is 12.7 Å². The van der Waals surface area contributed by atoms with Gasteiger partial charge in [0.2, 0.25) is 0 Å². The normalized spacial score (nSPS) is 15.1. The molecule has 0 amide bonds. The maximum atomic E-state index is 5.65. The molecular weight excluding hydrogens is 178 g/mol. The summed E-state index contributed by atoms with van der Waals surface area (Å²) in [5.74, 6) is 0. The summed E-state index contributed by atoms with van der Waals surface area (Å²) in [5.41, 5.74) is 5.71. The van der Waals surface area contributed by atoms with Gasteiger partial charge in [0.25, 0.3) is 0 Å². The average molecular weight is 201 g/mol. The van der Waals surface area contributed by atoms with Gasteiger partial charge in [-0.25, -0.2) is 0 Å². The minimum atomic E-state index is 0.0601. The molecule has 3 heteroatoms. The molecule has 0 rings (SSSR count). The van der Waals surface area contributed by atoms with Crippen molar-refractivity contribution in [1.29, 1.82) is 0 Å². The van der Waals surface area contributed by atoms with Crippen molar-refractivity contribution in [3.8, 4) is 0 Å². The summed E-state index contributed by atoms with van der Waals surface area (Å²) in [6.45, 7) is 8.66. The van der Waals surface area contributed by atoms with Gasteiger partial charge in [0.1, 0.15) is 0 Å². The molecule has 0 aromatic carbocycles. The van der Waals surface area contributed by atoms with Crippen LogP contribution in [0.25, 0.3) is 0 Å². The van der Waals surface area contributed by atoms with Gasteiger partial charge in [0.15, 0.2) is 0 Å². The van der Waals surface area contributed by atoms with E-state index in [4.69, 9.17) is 15.2 Å². The number of ether oxygens (including phenoxy) is 2. The van der Waals surface area contributed by atoms with E-state index in [1.54, 1.807) is 7.11 Å². The largest absolute Gasteiger partial charge is 0.382 e. The van der Waals surface area contributed by atoms with E-state index in [9.17, 15) is 0 Å². The molecule has 0 saturated heterocycles. The summed E-state index contributed by atoms with van der Waals surface area (Å²) in [5, 5.41) is 0. The zero-order valence-corrected chi connectivity index (χ0v) is 9.42. The van der Waals surface area contributed by atoms with Crippen LogP contribution in [-0.4, -0.2) is 33.5 Å². The van der Waals surface area contributed by atoms with Crippen LogP contribution in [0.2, 0.25) is 0 Å². The van der Waals surface area contributed by atoms with Crippen molar-refractivity contribution >= 4 is 0 Å². The molecule has 84 valence electrons. The number of hydrogen-bond acceptors (Lipinski definition) is 3. The lowest BCUT2D eigenvalue weighted by Crippen LogP contribution is -2.25. The maximum absolute atomic E-state index is 5.65. The Morgan fingerprint density at radius 2 is 2.07 bits per heavy atom. The van der Waals surface area contributed by atoms with Crippen molar-refractivity contribution < 1.29 is 9.47 Å². The predicted octanol–water partition coefficient (Wildman–Crippen LogP) is 1.58. The fourth-order valence-corrected chi connectivity index (χ4v) is 1.11. The van der Waals surface area contributed by atoms with Crippen molar-refractivity contribution in [2.75, 3.05) is 33.5 Å². The Labute approximate surface area is 87.3 Å².